The Morgan fingerprint density at radius 3 is 2.43 bits per heavy atom. The van der Waals surface area contributed by atoms with E-state index in [1.165, 1.54) is 23.0 Å². The normalized spacial score (nSPS) is 24.4. The maximum atomic E-state index is 14.1. The number of hydrogen-bond acceptors (Lipinski definition) is 4. The first-order valence-electron chi connectivity index (χ1n) is 12.2. The summed E-state index contributed by atoms with van der Waals surface area (Å²) in [5, 5.41) is 11.7. The largest absolute Gasteiger partial charge is 0.387 e. The van der Waals surface area contributed by atoms with E-state index >= 15 is 0 Å². The van der Waals surface area contributed by atoms with E-state index in [2.05, 4.69) is 4.98 Å². The molecule has 5 rings (SSSR count). The summed E-state index contributed by atoms with van der Waals surface area (Å²) in [7, 11) is 0. The molecule has 0 spiro atoms. The topological polar surface area (TPSA) is 75.4 Å². The van der Waals surface area contributed by atoms with Gasteiger partial charge in [-0.1, -0.05) is 49.4 Å². The number of aromatic nitrogens is 2. The third kappa shape index (κ3) is 4.52. The Kier molecular flexibility index (Phi) is 6.28. The number of carbonyl (C=O) groups is 1. The molecule has 3 aromatic rings. The number of nitrogens with zero attached hydrogens (tertiary/aromatic N) is 3. The van der Waals surface area contributed by atoms with Crippen molar-refractivity contribution < 1.29 is 14.3 Å². The monoisotopic (exact) mass is 475 g/mol. The summed E-state index contributed by atoms with van der Waals surface area (Å²) in [5.74, 6) is -0.673. The van der Waals surface area contributed by atoms with Gasteiger partial charge in [0.15, 0.2) is 0 Å². The third-order valence-corrected chi connectivity index (χ3v) is 7.73. The zero-order valence-corrected chi connectivity index (χ0v) is 19.8. The quantitative estimate of drug-likeness (QED) is 0.592. The highest BCUT2D eigenvalue weighted by Gasteiger charge is 2.54. The lowest BCUT2D eigenvalue weighted by Crippen LogP contribution is -2.58. The van der Waals surface area contributed by atoms with Crippen molar-refractivity contribution in [3.8, 4) is 11.3 Å². The van der Waals surface area contributed by atoms with Crippen LogP contribution in [-0.4, -0.2) is 44.2 Å². The molecule has 2 aromatic carbocycles. The van der Waals surface area contributed by atoms with E-state index in [1.807, 2.05) is 42.2 Å². The number of aliphatic hydroxyl groups is 1. The molecule has 1 N–H and O–H groups in total. The van der Waals surface area contributed by atoms with E-state index < -0.39 is 11.4 Å². The second-order valence-electron chi connectivity index (χ2n) is 10.0. The van der Waals surface area contributed by atoms with Crippen molar-refractivity contribution in [3.05, 3.63) is 88.7 Å². The fourth-order valence-electron chi connectivity index (χ4n) is 5.78. The van der Waals surface area contributed by atoms with E-state index in [9.17, 15) is 19.1 Å². The van der Waals surface area contributed by atoms with Gasteiger partial charge in [0.2, 0.25) is 5.91 Å². The first-order valence-corrected chi connectivity index (χ1v) is 12.2. The molecule has 2 bridgehead atoms. The van der Waals surface area contributed by atoms with Crippen LogP contribution in [-0.2, 0) is 17.8 Å². The Balaban J connectivity index is 1.29. The number of hydrogen-bond donors (Lipinski definition) is 1. The van der Waals surface area contributed by atoms with Crippen LogP contribution >= 0.6 is 0 Å². The van der Waals surface area contributed by atoms with Gasteiger partial charge in [0, 0.05) is 42.5 Å². The van der Waals surface area contributed by atoms with Crippen LogP contribution < -0.4 is 5.56 Å². The van der Waals surface area contributed by atoms with Gasteiger partial charge < -0.3 is 10.0 Å². The number of halogens is 1. The predicted octanol–water partition coefficient (Wildman–Crippen LogP) is 3.53. The smallest absolute Gasteiger partial charge is 0.253 e. The van der Waals surface area contributed by atoms with Crippen molar-refractivity contribution in [2.24, 2.45) is 17.8 Å². The molecule has 1 amide bonds. The van der Waals surface area contributed by atoms with Crippen molar-refractivity contribution in [1.82, 2.24) is 14.5 Å². The van der Waals surface area contributed by atoms with Crippen LogP contribution in [0.4, 0.5) is 4.39 Å². The summed E-state index contributed by atoms with van der Waals surface area (Å²) in [6, 6.07) is 17.5. The summed E-state index contributed by atoms with van der Waals surface area (Å²) < 4.78 is 15.5. The van der Waals surface area contributed by atoms with Crippen LogP contribution in [0.5, 0.6) is 0 Å². The summed E-state index contributed by atoms with van der Waals surface area (Å²) in [6.07, 6.45) is 3.70. The van der Waals surface area contributed by atoms with Crippen LogP contribution in [0.1, 0.15) is 25.3 Å². The van der Waals surface area contributed by atoms with E-state index in [4.69, 9.17) is 0 Å². The maximum Gasteiger partial charge on any atom is 0.253 e. The zero-order valence-electron chi connectivity index (χ0n) is 19.8. The Hall–Kier alpha value is -3.32. The molecule has 182 valence electrons. The van der Waals surface area contributed by atoms with Crippen LogP contribution in [0.15, 0.2) is 71.8 Å². The molecule has 0 radical (unpaired) electrons. The number of benzene rings is 2. The summed E-state index contributed by atoms with van der Waals surface area (Å²) >= 11 is 0. The molecular formula is C28H30FN3O3. The molecule has 1 unspecified atom stereocenters. The summed E-state index contributed by atoms with van der Waals surface area (Å²) in [6.45, 7) is 3.05. The van der Waals surface area contributed by atoms with Gasteiger partial charge in [0.1, 0.15) is 5.82 Å². The van der Waals surface area contributed by atoms with Crippen molar-refractivity contribution in [2.45, 2.75) is 38.3 Å². The van der Waals surface area contributed by atoms with Gasteiger partial charge in [-0.2, -0.15) is 0 Å². The molecule has 2 fully saturated rings. The molecule has 1 aromatic heterocycles. The molecule has 1 saturated heterocycles. The highest BCUT2D eigenvalue weighted by atomic mass is 19.1. The minimum absolute atomic E-state index is 0.104. The maximum absolute atomic E-state index is 14.1. The average molecular weight is 476 g/mol. The highest BCUT2D eigenvalue weighted by molar-refractivity contribution is 5.79. The van der Waals surface area contributed by atoms with E-state index in [-0.39, 0.29) is 47.0 Å². The molecule has 2 aliphatic rings. The number of carbonyl (C=O) groups excluding carboxylic acids is 1. The Morgan fingerprint density at radius 2 is 1.77 bits per heavy atom. The lowest BCUT2D eigenvalue weighted by Gasteiger charge is -2.45. The van der Waals surface area contributed by atoms with Gasteiger partial charge in [-0.05, 0) is 37.0 Å². The van der Waals surface area contributed by atoms with E-state index in [1.54, 1.807) is 18.2 Å². The van der Waals surface area contributed by atoms with Gasteiger partial charge in [-0.15, -0.1) is 0 Å². The van der Waals surface area contributed by atoms with Crippen molar-refractivity contribution in [2.75, 3.05) is 13.1 Å². The molecule has 1 saturated carbocycles. The Bertz CT molecular complexity index is 1260. The van der Waals surface area contributed by atoms with Gasteiger partial charge >= 0.3 is 0 Å². The van der Waals surface area contributed by atoms with Crippen molar-refractivity contribution in [1.29, 1.82) is 0 Å². The van der Waals surface area contributed by atoms with Gasteiger partial charge in [-0.25, -0.2) is 9.37 Å². The molecule has 7 heteroatoms. The Morgan fingerprint density at radius 1 is 1.11 bits per heavy atom. The van der Waals surface area contributed by atoms with Crippen LogP contribution in [0, 0.1) is 23.6 Å². The number of rotatable bonds is 6. The number of likely N-dealkylation sites (tertiary alicyclic amines) is 1. The van der Waals surface area contributed by atoms with E-state index in [0.717, 1.165) is 18.4 Å². The standard InChI is InChI=1S/C28H30FN3O3/c1-19(13-20-7-3-2-4-8-20)27(34)31-15-21-11-12-22(16-31)28(21,35)17-32-18-30-25(14-26(32)33)23-9-5-6-10-24(23)29/h2-10,14,18-19,21-22,35H,11-13,15-17H2,1H3/t19-,21-,22+,28?/m1/s1. The molecular weight excluding hydrogens is 445 g/mol. The third-order valence-electron chi connectivity index (χ3n) is 7.73. The summed E-state index contributed by atoms with van der Waals surface area (Å²) in [4.78, 5) is 32.2. The number of fused-ring (bicyclic) bond motifs is 2. The highest BCUT2D eigenvalue weighted by Crippen LogP contribution is 2.46. The second-order valence-corrected chi connectivity index (χ2v) is 10.0. The molecule has 6 nitrogen and oxygen atoms in total. The fraction of sp³-hybridized carbons (Fsp3) is 0.393. The SMILES string of the molecule is C[C@H](Cc1ccccc1)C(=O)N1C[C@H]2CC[C@@H](C1)C2(O)Cn1cnc(-c2ccccc2F)cc1=O. The predicted molar refractivity (Wildman–Crippen MR) is 131 cm³/mol. The lowest BCUT2D eigenvalue weighted by molar-refractivity contribution is -0.147. The van der Waals surface area contributed by atoms with Gasteiger partial charge in [0.05, 0.1) is 24.2 Å². The zero-order chi connectivity index (χ0) is 24.6. The average Bonchev–Trinajstić information content (AvgIpc) is 3.01. The van der Waals surface area contributed by atoms with Crippen LogP contribution in [0.3, 0.4) is 0 Å². The lowest BCUT2D eigenvalue weighted by atomic mass is 9.79. The second kappa shape index (κ2) is 9.38. The minimum atomic E-state index is -1.08. The molecule has 35 heavy (non-hydrogen) atoms. The van der Waals surface area contributed by atoms with Gasteiger partial charge in [0.25, 0.3) is 5.56 Å². The Labute approximate surface area is 204 Å². The van der Waals surface area contributed by atoms with Crippen molar-refractivity contribution in [3.63, 3.8) is 0 Å². The number of piperidine rings is 1. The van der Waals surface area contributed by atoms with Crippen molar-refractivity contribution >= 4 is 5.91 Å². The first kappa shape index (κ1) is 23.4. The first-order chi connectivity index (χ1) is 16.8. The van der Waals surface area contributed by atoms with Crippen LogP contribution in [0.25, 0.3) is 11.3 Å². The summed E-state index contributed by atoms with van der Waals surface area (Å²) in [5.41, 5.74) is 0.264. The van der Waals surface area contributed by atoms with Gasteiger partial charge in [-0.3, -0.25) is 14.2 Å². The molecule has 1 aliphatic carbocycles. The molecule has 4 atom stereocenters. The van der Waals surface area contributed by atoms with E-state index in [0.29, 0.717) is 19.5 Å². The molecule has 2 heterocycles. The molecule has 1 aliphatic heterocycles. The number of amides is 1. The minimum Gasteiger partial charge on any atom is -0.387 e. The van der Waals surface area contributed by atoms with Crippen LogP contribution in [0.2, 0.25) is 0 Å². The fourth-order valence-corrected chi connectivity index (χ4v) is 5.78.